The van der Waals surface area contributed by atoms with Crippen LogP contribution in [0.1, 0.15) is 75.3 Å². The quantitative estimate of drug-likeness (QED) is 0.591. The third-order valence-electron chi connectivity index (χ3n) is 8.34. The van der Waals surface area contributed by atoms with E-state index >= 15 is 0 Å². The first-order valence-corrected chi connectivity index (χ1v) is 13.1. The van der Waals surface area contributed by atoms with Gasteiger partial charge in [0.05, 0.1) is 5.52 Å². The number of rotatable bonds is 4. The summed E-state index contributed by atoms with van der Waals surface area (Å²) in [6.45, 7) is 3.23. The number of carbonyl (C=O) groups excluding carboxylic acids is 1. The summed E-state index contributed by atoms with van der Waals surface area (Å²) in [5, 5.41) is 0. The van der Waals surface area contributed by atoms with Gasteiger partial charge in [0.2, 0.25) is 0 Å². The van der Waals surface area contributed by atoms with E-state index in [0.717, 1.165) is 62.7 Å². The van der Waals surface area contributed by atoms with E-state index in [1.807, 2.05) is 27.7 Å². The molecule has 2 aliphatic heterocycles. The number of hydrogen-bond acceptors (Lipinski definition) is 6. The average molecular weight is 492 g/mol. The SMILES string of the molecule is C.O=C(c1cc(N2CCC(n3c(=O)[nH]c4ncccc43)CC2)ncn1)N1CCC(C2CCCCC2)C1. The molecule has 1 amide bonds. The summed E-state index contributed by atoms with van der Waals surface area (Å²) in [4.78, 5) is 45.9. The molecule has 1 saturated carbocycles. The molecule has 192 valence electrons. The molecule has 0 bridgehead atoms. The number of nitrogens with one attached hydrogen (secondary N) is 1. The zero-order valence-electron chi connectivity index (χ0n) is 20.1. The molecule has 1 atom stereocenters. The lowest BCUT2D eigenvalue weighted by Crippen LogP contribution is -2.37. The number of amides is 1. The Balaban J connectivity index is 0.00000267. The number of hydrogen-bond donors (Lipinski definition) is 1. The number of aromatic nitrogens is 5. The maximum Gasteiger partial charge on any atom is 0.327 e. The zero-order valence-corrected chi connectivity index (χ0v) is 20.1. The number of pyridine rings is 1. The molecule has 0 spiro atoms. The number of imidazole rings is 1. The second-order valence-electron chi connectivity index (χ2n) is 10.3. The van der Waals surface area contributed by atoms with Gasteiger partial charge in [0.25, 0.3) is 5.91 Å². The first kappa shape index (κ1) is 24.5. The van der Waals surface area contributed by atoms with Gasteiger partial charge in [-0.3, -0.25) is 14.3 Å². The Morgan fingerprint density at radius 2 is 1.75 bits per heavy atom. The third-order valence-corrected chi connectivity index (χ3v) is 8.34. The predicted octanol–water partition coefficient (Wildman–Crippen LogP) is 4.03. The molecule has 1 unspecified atom stereocenters. The summed E-state index contributed by atoms with van der Waals surface area (Å²) in [5.74, 6) is 2.24. The molecule has 3 fully saturated rings. The van der Waals surface area contributed by atoms with Crippen LogP contribution >= 0.6 is 0 Å². The maximum atomic E-state index is 13.2. The van der Waals surface area contributed by atoms with Gasteiger partial charge in [-0.05, 0) is 43.2 Å². The minimum Gasteiger partial charge on any atom is -0.356 e. The number of anilines is 1. The molecule has 1 N–H and O–H groups in total. The largest absolute Gasteiger partial charge is 0.356 e. The van der Waals surface area contributed by atoms with Crippen molar-refractivity contribution in [3.63, 3.8) is 0 Å². The van der Waals surface area contributed by atoms with Crippen molar-refractivity contribution in [2.45, 2.75) is 64.8 Å². The van der Waals surface area contributed by atoms with Crippen molar-refractivity contribution < 1.29 is 4.79 Å². The van der Waals surface area contributed by atoms with Crippen LogP contribution in [0.15, 0.2) is 35.5 Å². The topological polar surface area (TPSA) is 100 Å². The van der Waals surface area contributed by atoms with Crippen molar-refractivity contribution >= 4 is 22.9 Å². The fourth-order valence-electron chi connectivity index (χ4n) is 6.44. The zero-order chi connectivity index (χ0) is 23.8. The average Bonchev–Trinajstić information content (AvgIpc) is 3.53. The van der Waals surface area contributed by atoms with Crippen LogP contribution < -0.4 is 10.6 Å². The highest BCUT2D eigenvalue weighted by Crippen LogP contribution is 2.35. The van der Waals surface area contributed by atoms with E-state index in [0.29, 0.717) is 17.3 Å². The van der Waals surface area contributed by atoms with Gasteiger partial charge in [-0.15, -0.1) is 0 Å². The van der Waals surface area contributed by atoms with Gasteiger partial charge in [0, 0.05) is 44.5 Å². The van der Waals surface area contributed by atoms with Crippen molar-refractivity contribution in [2.24, 2.45) is 11.8 Å². The second kappa shape index (κ2) is 10.4. The summed E-state index contributed by atoms with van der Waals surface area (Å²) >= 11 is 0. The monoisotopic (exact) mass is 491 g/mol. The molecule has 3 aliphatic rings. The third kappa shape index (κ3) is 4.63. The number of aromatic amines is 1. The fraction of sp³-hybridized carbons (Fsp3) is 0.593. The van der Waals surface area contributed by atoms with Crippen LogP contribution in [0.4, 0.5) is 5.82 Å². The summed E-state index contributed by atoms with van der Waals surface area (Å²) < 4.78 is 1.84. The minimum absolute atomic E-state index is 0. The molecule has 9 heteroatoms. The first-order chi connectivity index (χ1) is 17.2. The molecular weight excluding hydrogens is 454 g/mol. The van der Waals surface area contributed by atoms with Crippen LogP contribution in [-0.4, -0.2) is 61.5 Å². The first-order valence-electron chi connectivity index (χ1n) is 13.1. The van der Waals surface area contributed by atoms with Gasteiger partial charge >= 0.3 is 5.69 Å². The number of fused-ring (bicyclic) bond motifs is 1. The number of H-pyrrole nitrogens is 1. The standard InChI is InChI=1S/C26H33N7O2.CH4/c34-25(32-12-8-19(16-32)18-5-2-1-3-6-18)21-15-23(29-17-28-21)31-13-9-20(10-14-31)33-22-7-4-11-27-24(22)30-26(33)35;/h4,7,11,15,17-20H,1-3,5-6,8-10,12-14,16H2,(H,27,30,35);1H4. The van der Waals surface area contributed by atoms with Crippen molar-refractivity contribution in [3.05, 3.63) is 46.9 Å². The van der Waals surface area contributed by atoms with Crippen LogP contribution in [0, 0.1) is 11.8 Å². The van der Waals surface area contributed by atoms with Crippen LogP contribution in [0.2, 0.25) is 0 Å². The van der Waals surface area contributed by atoms with Crippen molar-refractivity contribution in [1.29, 1.82) is 0 Å². The lowest BCUT2D eigenvalue weighted by atomic mass is 9.80. The maximum absolute atomic E-state index is 13.2. The van der Waals surface area contributed by atoms with Crippen LogP contribution in [0.3, 0.4) is 0 Å². The number of carbonyl (C=O) groups is 1. The van der Waals surface area contributed by atoms with E-state index in [-0.39, 0.29) is 25.1 Å². The van der Waals surface area contributed by atoms with Gasteiger partial charge in [-0.2, -0.15) is 0 Å². The smallest absolute Gasteiger partial charge is 0.327 e. The Labute approximate surface area is 212 Å². The highest BCUT2D eigenvalue weighted by atomic mass is 16.2. The van der Waals surface area contributed by atoms with E-state index in [1.54, 1.807) is 6.20 Å². The molecule has 3 aromatic heterocycles. The van der Waals surface area contributed by atoms with E-state index in [9.17, 15) is 9.59 Å². The van der Waals surface area contributed by atoms with Crippen LogP contribution in [-0.2, 0) is 0 Å². The molecule has 36 heavy (non-hydrogen) atoms. The Morgan fingerprint density at radius 3 is 2.56 bits per heavy atom. The van der Waals surface area contributed by atoms with Gasteiger partial charge in [-0.25, -0.2) is 19.7 Å². The summed E-state index contributed by atoms with van der Waals surface area (Å²) in [6, 6.07) is 5.75. The highest BCUT2D eigenvalue weighted by Gasteiger charge is 2.33. The molecule has 3 aromatic rings. The van der Waals surface area contributed by atoms with Crippen molar-refractivity contribution in [2.75, 3.05) is 31.1 Å². The van der Waals surface area contributed by atoms with E-state index in [1.165, 1.54) is 38.4 Å². The molecule has 0 radical (unpaired) electrons. The summed E-state index contributed by atoms with van der Waals surface area (Å²) in [5.41, 5.74) is 1.86. The molecule has 2 saturated heterocycles. The van der Waals surface area contributed by atoms with Crippen LogP contribution in [0.25, 0.3) is 11.2 Å². The number of nitrogens with zero attached hydrogens (tertiary/aromatic N) is 6. The Morgan fingerprint density at radius 1 is 0.944 bits per heavy atom. The fourth-order valence-corrected chi connectivity index (χ4v) is 6.44. The second-order valence-corrected chi connectivity index (χ2v) is 10.3. The van der Waals surface area contributed by atoms with E-state index in [4.69, 9.17) is 0 Å². The molecular formula is C27H37N7O2. The minimum atomic E-state index is -0.107. The Bertz CT molecular complexity index is 1250. The number of likely N-dealkylation sites (tertiary alicyclic amines) is 1. The van der Waals surface area contributed by atoms with Gasteiger partial charge < -0.3 is 9.80 Å². The lowest BCUT2D eigenvalue weighted by Gasteiger charge is -2.33. The Kier molecular flexibility index (Phi) is 7.07. The Hall–Kier alpha value is -3.23. The molecule has 5 heterocycles. The van der Waals surface area contributed by atoms with Crippen molar-refractivity contribution in [1.82, 2.24) is 29.4 Å². The molecule has 9 nitrogen and oxygen atoms in total. The van der Waals surface area contributed by atoms with Crippen molar-refractivity contribution in [3.8, 4) is 0 Å². The van der Waals surface area contributed by atoms with Gasteiger partial charge in [0.15, 0.2) is 5.65 Å². The summed E-state index contributed by atoms with van der Waals surface area (Å²) in [6.07, 6.45) is 12.7. The number of piperidine rings is 1. The van der Waals surface area contributed by atoms with Gasteiger partial charge in [0.1, 0.15) is 17.8 Å². The normalized spacial score (nSPS) is 21.6. The lowest BCUT2D eigenvalue weighted by molar-refractivity contribution is 0.0773. The molecule has 0 aromatic carbocycles. The molecule has 6 rings (SSSR count). The summed E-state index contributed by atoms with van der Waals surface area (Å²) in [7, 11) is 0. The van der Waals surface area contributed by atoms with Gasteiger partial charge in [-0.1, -0.05) is 39.5 Å². The van der Waals surface area contributed by atoms with Crippen LogP contribution in [0.5, 0.6) is 0 Å². The predicted molar refractivity (Wildman–Crippen MR) is 140 cm³/mol. The van der Waals surface area contributed by atoms with E-state index in [2.05, 4.69) is 24.8 Å². The highest BCUT2D eigenvalue weighted by molar-refractivity contribution is 5.93. The van der Waals surface area contributed by atoms with E-state index < -0.39 is 0 Å². The molecule has 1 aliphatic carbocycles.